The summed E-state index contributed by atoms with van der Waals surface area (Å²) in [6.07, 6.45) is 4.45. The number of carbonyl (C=O) groups excluding carboxylic acids is 3. The monoisotopic (exact) mass is 536 g/mol. The van der Waals surface area contributed by atoms with Gasteiger partial charge in [-0.1, -0.05) is 24.3 Å². The van der Waals surface area contributed by atoms with Crippen LogP contribution < -0.4 is 15.4 Å². The molecule has 2 aliphatic rings. The fourth-order valence-corrected chi connectivity index (χ4v) is 5.12. The summed E-state index contributed by atoms with van der Waals surface area (Å²) in [7, 11) is 1.50. The summed E-state index contributed by atoms with van der Waals surface area (Å²) in [6, 6.07) is 12.7. The van der Waals surface area contributed by atoms with Crippen molar-refractivity contribution in [3.63, 3.8) is 0 Å². The van der Waals surface area contributed by atoms with Crippen LogP contribution in [0.2, 0.25) is 0 Å². The number of nitrogens with zero attached hydrogens (tertiary/aromatic N) is 2. The number of benzene rings is 2. The molecule has 0 radical (unpaired) electrons. The third kappa shape index (κ3) is 7.28. The number of ether oxygens (including phenoxy) is 1. The molecule has 0 spiro atoms. The molecular formula is C29H36N4O6. The minimum absolute atomic E-state index is 0.0952. The van der Waals surface area contributed by atoms with E-state index in [0.717, 1.165) is 37.9 Å². The summed E-state index contributed by atoms with van der Waals surface area (Å²) in [5.74, 6) is -1.77. The molecule has 0 saturated carbocycles. The van der Waals surface area contributed by atoms with Crippen molar-refractivity contribution >= 4 is 29.5 Å². The van der Waals surface area contributed by atoms with Crippen molar-refractivity contribution in [3.05, 3.63) is 59.7 Å². The largest absolute Gasteiger partial charge is 0.496 e. The van der Waals surface area contributed by atoms with Crippen molar-refractivity contribution < 1.29 is 29.0 Å². The number of rotatable bonds is 8. The van der Waals surface area contributed by atoms with E-state index in [2.05, 4.69) is 10.6 Å². The number of para-hydroxylation sites is 1. The lowest BCUT2D eigenvalue weighted by molar-refractivity contribution is -0.142. The number of carboxylic acid groups (broad SMARTS) is 1. The summed E-state index contributed by atoms with van der Waals surface area (Å²) in [5.41, 5.74) is 1.78. The predicted octanol–water partition coefficient (Wildman–Crippen LogP) is 3.38. The first-order valence-corrected chi connectivity index (χ1v) is 13.5. The normalized spacial score (nSPS) is 18.1. The van der Waals surface area contributed by atoms with Crippen LogP contribution in [0.25, 0.3) is 0 Å². The van der Waals surface area contributed by atoms with Gasteiger partial charge in [0, 0.05) is 38.3 Å². The summed E-state index contributed by atoms with van der Waals surface area (Å²) in [4.78, 5) is 54.0. The molecule has 3 N–H and O–H groups in total. The van der Waals surface area contributed by atoms with Gasteiger partial charge in [-0.2, -0.15) is 0 Å². The Bertz CT molecular complexity index is 1180. The molecule has 0 bridgehead atoms. The second-order valence-corrected chi connectivity index (χ2v) is 10.1. The molecule has 2 fully saturated rings. The molecule has 1 unspecified atom stereocenters. The highest BCUT2D eigenvalue weighted by atomic mass is 16.5. The van der Waals surface area contributed by atoms with E-state index in [1.807, 2.05) is 0 Å². The topological polar surface area (TPSA) is 128 Å². The molecule has 4 amide bonds. The molecule has 208 valence electrons. The third-order valence-corrected chi connectivity index (χ3v) is 7.32. The van der Waals surface area contributed by atoms with Gasteiger partial charge in [-0.05, 0) is 61.9 Å². The molecular weight excluding hydrogens is 500 g/mol. The van der Waals surface area contributed by atoms with Crippen LogP contribution in [0.4, 0.5) is 10.5 Å². The van der Waals surface area contributed by atoms with Gasteiger partial charge in [-0.25, -0.2) is 9.59 Å². The fourth-order valence-electron chi connectivity index (χ4n) is 5.12. The van der Waals surface area contributed by atoms with E-state index in [4.69, 9.17) is 4.74 Å². The molecule has 2 aromatic carbocycles. The molecule has 2 atom stereocenters. The number of aliphatic carboxylic acids is 1. The maximum Gasteiger partial charge on any atom is 0.326 e. The maximum absolute atomic E-state index is 13.1. The molecule has 10 heteroatoms. The molecule has 0 aliphatic carbocycles. The van der Waals surface area contributed by atoms with E-state index in [0.29, 0.717) is 36.4 Å². The lowest BCUT2D eigenvalue weighted by Gasteiger charge is -2.33. The zero-order valence-corrected chi connectivity index (χ0v) is 22.2. The summed E-state index contributed by atoms with van der Waals surface area (Å²) < 4.78 is 5.31. The van der Waals surface area contributed by atoms with Crippen LogP contribution in [0.3, 0.4) is 0 Å². The Morgan fingerprint density at radius 2 is 1.64 bits per heavy atom. The average molecular weight is 537 g/mol. The minimum Gasteiger partial charge on any atom is -0.496 e. The van der Waals surface area contributed by atoms with Gasteiger partial charge in [0.1, 0.15) is 11.8 Å². The summed E-state index contributed by atoms with van der Waals surface area (Å²) in [5, 5.41) is 15.3. The molecule has 2 heterocycles. The first-order chi connectivity index (χ1) is 18.9. The molecule has 10 nitrogen and oxygen atoms in total. The number of piperidine rings is 2. The van der Waals surface area contributed by atoms with Crippen LogP contribution in [0, 0.1) is 5.92 Å². The van der Waals surface area contributed by atoms with Crippen molar-refractivity contribution in [2.24, 2.45) is 5.92 Å². The lowest BCUT2D eigenvalue weighted by Crippen LogP contribution is -2.50. The smallest absolute Gasteiger partial charge is 0.326 e. The molecule has 39 heavy (non-hydrogen) atoms. The highest BCUT2D eigenvalue weighted by molar-refractivity contribution is 5.97. The second-order valence-electron chi connectivity index (χ2n) is 10.1. The highest BCUT2D eigenvalue weighted by Gasteiger charge is 2.32. The van der Waals surface area contributed by atoms with Gasteiger partial charge >= 0.3 is 12.0 Å². The first-order valence-electron chi connectivity index (χ1n) is 13.5. The molecule has 2 aliphatic heterocycles. The van der Waals surface area contributed by atoms with Crippen molar-refractivity contribution in [1.29, 1.82) is 0 Å². The molecule has 0 aromatic heterocycles. The van der Waals surface area contributed by atoms with E-state index in [9.17, 15) is 24.3 Å². The number of hydrogen-bond donors (Lipinski definition) is 3. The summed E-state index contributed by atoms with van der Waals surface area (Å²) in [6.45, 7) is 2.22. The number of urea groups is 1. The van der Waals surface area contributed by atoms with E-state index in [1.165, 1.54) is 7.11 Å². The van der Waals surface area contributed by atoms with Crippen molar-refractivity contribution in [2.45, 2.75) is 44.6 Å². The van der Waals surface area contributed by atoms with Crippen LogP contribution in [-0.4, -0.2) is 78.1 Å². The zero-order chi connectivity index (χ0) is 27.8. The number of amides is 4. The second kappa shape index (κ2) is 13.1. The van der Waals surface area contributed by atoms with Gasteiger partial charge in [0.05, 0.1) is 18.6 Å². The van der Waals surface area contributed by atoms with Crippen LogP contribution in [0.1, 0.15) is 48.0 Å². The van der Waals surface area contributed by atoms with Crippen LogP contribution in [0.5, 0.6) is 5.75 Å². The Morgan fingerprint density at radius 1 is 0.949 bits per heavy atom. The Balaban J connectivity index is 1.33. The molecule has 4 rings (SSSR count). The van der Waals surface area contributed by atoms with Gasteiger partial charge in [-0.15, -0.1) is 0 Å². The molecule has 2 saturated heterocycles. The number of nitrogens with one attached hydrogen (secondary N) is 2. The number of carbonyl (C=O) groups is 4. The predicted molar refractivity (Wildman–Crippen MR) is 146 cm³/mol. The highest BCUT2D eigenvalue weighted by Crippen LogP contribution is 2.24. The van der Waals surface area contributed by atoms with Crippen molar-refractivity contribution in [1.82, 2.24) is 15.1 Å². The standard InChI is InChI=1S/C29H36N4O6/c1-39-25-10-4-3-9-23(25)27(35)33-17-7-8-21(19-33)26(34)31-24(28(36)37)18-20-11-13-22(14-12-20)30-29(38)32-15-5-2-6-16-32/h3-4,9-14,21,24H,2,5-8,15-19H2,1H3,(H,30,38)(H,31,34)(H,36,37)/t21?,24-/m0/s1. The summed E-state index contributed by atoms with van der Waals surface area (Å²) >= 11 is 0. The van der Waals surface area contributed by atoms with Crippen LogP contribution >= 0.6 is 0 Å². The Kier molecular flexibility index (Phi) is 9.40. The van der Waals surface area contributed by atoms with E-state index < -0.39 is 17.9 Å². The number of likely N-dealkylation sites (tertiary alicyclic amines) is 2. The van der Waals surface area contributed by atoms with Gasteiger partial charge in [0.2, 0.25) is 5.91 Å². The Hall–Kier alpha value is -4.08. The Labute approximate surface area is 228 Å². The maximum atomic E-state index is 13.1. The Morgan fingerprint density at radius 3 is 2.33 bits per heavy atom. The van der Waals surface area contributed by atoms with Gasteiger partial charge in [0.15, 0.2) is 0 Å². The number of hydrogen-bond acceptors (Lipinski definition) is 5. The van der Waals surface area contributed by atoms with E-state index in [-0.39, 0.29) is 30.8 Å². The van der Waals surface area contributed by atoms with Gasteiger partial charge < -0.3 is 30.3 Å². The average Bonchev–Trinajstić information content (AvgIpc) is 2.97. The first kappa shape index (κ1) is 27.9. The van der Waals surface area contributed by atoms with Crippen molar-refractivity contribution in [3.8, 4) is 5.75 Å². The third-order valence-electron chi connectivity index (χ3n) is 7.32. The van der Waals surface area contributed by atoms with Crippen LogP contribution in [-0.2, 0) is 16.0 Å². The number of carboxylic acids is 1. The number of anilines is 1. The zero-order valence-electron chi connectivity index (χ0n) is 22.2. The van der Waals surface area contributed by atoms with E-state index in [1.54, 1.807) is 58.3 Å². The van der Waals surface area contributed by atoms with Crippen LogP contribution in [0.15, 0.2) is 48.5 Å². The quantitative estimate of drug-likeness (QED) is 0.475. The lowest BCUT2D eigenvalue weighted by atomic mass is 9.95. The fraction of sp³-hybridized carbons (Fsp3) is 0.448. The van der Waals surface area contributed by atoms with E-state index >= 15 is 0 Å². The SMILES string of the molecule is COc1ccccc1C(=O)N1CCCC(C(=O)N[C@@H](Cc2ccc(NC(=O)N3CCCCC3)cc2)C(=O)O)C1. The molecule has 2 aromatic rings. The van der Waals surface area contributed by atoms with Gasteiger partial charge in [-0.3, -0.25) is 9.59 Å². The van der Waals surface area contributed by atoms with Gasteiger partial charge in [0.25, 0.3) is 5.91 Å². The minimum atomic E-state index is -1.14. The van der Waals surface area contributed by atoms with Crippen molar-refractivity contribution in [2.75, 3.05) is 38.6 Å². The number of methoxy groups -OCH3 is 1.